The van der Waals surface area contributed by atoms with Crippen molar-refractivity contribution in [1.29, 1.82) is 0 Å². The topological polar surface area (TPSA) is 58.9 Å². The molecule has 0 spiro atoms. The second-order valence-electron chi connectivity index (χ2n) is 16.3. The zero-order valence-electron chi connectivity index (χ0n) is 29.1. The smallest absolute Gasteiger partial charge is 0.123 e. The molecule has 0 radical (unpaired) electrons. The van der Waals surface area contributed by atoms with Gasteiger partial charge in [0.2, 0.25) is 0 Å². The standard InChI is InChI=1S/C38H62O4/c1-35(2,3)29-23-27(24-30(33(29)39)36(4,5)6)41-21-19-17-15-13-14-16-18-20-22-42-28-25-31(37(7,8)9)34(40)32(26-28)38(10,11)12/h23-26,39-40H,13-22H2,1-12H3. The van der Waals surface area contributed by atoms with Gasteiger partial charge in [0.25, 0.3) is 0 Å². The van der Waals surface area contributed by atoms with Crippen molar-refractivity contribution < 1.29 is 19.7 Å². The van der Waals surface area contributed by atoms with Crippen LogP contribution in [0, 0.1) is 0 Å². The summed E-state index contributed by atoms with van der Waals surface area (Å²) in [6.07, 6.45) is 9.41. The highest BCUT2D eigenvalue weighted by Gasteiger charge is 2.28. The van der Waals surface area contributed by atoms with Crippen LogP contribution in [0.1, 0.15) is 157 Å². The van der Waals surface area contributed by atoms with E-state index >= 15 is 0 Å². The van der Waals surface area contributed by atoms with Crippen LogP contribution in [0.15, 0.2) is 24.3 Å². The van der Waals surface area contributed by atoms with E-state index in [2.05, 4.69) is 83.1 Å². The van der Waals surface area contributed by atoms with Gasteiger partial charge >= 0.3 is 0 Å². The average Bonchev–Trinajstić information content (AvgIpc) is 2.83. The van der Waals surface area contributed by atoms with Gasteiger partial charge in [-0.05, 0) is 58.8 Å². The zero-order valence-corrected chi connectivity index (χ0v) is 29.1. The van der Waals surface area contributed by atoms with Crippen molar-refractivity contribution in [3.63, 3.8) is 0 Å². The van der Waals surface area contributed by atoms with E-state index in [-0.39, 0.29) is 21.7 Å². The third kappa shape index (κ3) is 10.7. The summed E-state index contributed by atoms with van der Waals surface area (Å²) < 4.78 is 12.3. The van der Waals surface area contributed by atoms with Crippen LogP contribution in [0.4, 0.5) is 0 Å². The maximum Gasteiger partial charge on any atom is 0.123 e. The Hall–Kier alpha value is -2.36. The molecule has 0 atom stereocenters. The lowest BCUT2D eigenvalue weighted by Crippen LogP contribution is -2.17. The lowest BCUT2D eigenvalue weighted by Gasteiger charge is -2.28. The molecule has 2 rings (SSSR count). The van der Waals surface area contributed by atoms with Gasteiger partial charge in [-0.2, -0.15) is 0 Å². The second-order valence-corrected chi connectivity index (χ2v) is 16.3. The Morgan fingerprint density at radius 2 is 0.619 bits per heavy atom. The summed E-state index contributed by atoms with van der Waals surface area (Å²) in [6, 6.07) is 8.07. The Bertz CT molecular complexity index is 972. The molecule has 0 aliphatic heterocycles. The summed E-state index contributed by atoms with van der Waals surface area (Å²) in [4.78, 5) is 0. The quantitative estimate of drug-likeness (QED) is 0.231. The van der Waals surface area contributed by atoms with Crippen LogP contribution in [-0.4, -0.2) is 23.4 Å². The lowest BCUT2D eigenvalue weighted by atomic mass is 9.79. The Morgan fingerprint density at radius 3 is 0.833 bits per heavy atom. The van der Waals surface area contributed by atoms with E-state index in [0.717, 1.165) is 46.6 Å². The van der Waals surface area contributed by atoms with Crippen LogP contribution < -0.4 is 9.47 Å². The first kappa shape index (κ1) is 35.8. The number of phenols is 2. The largest absolute Gasteiger partial charge is 0.507 e. The normalized spacial score (nSPS) is 13.0. The minimum absolute atomic E-state index is 0.146. The molecule has 0 aromatic heterocycles. The highest BCUT2D eigenvalue weighted by molar-refractivity contribution is 5.53. The molecule has 0 saturated heterocycles. The van der Waals surface area contributed by atoms with Crippen molar-refractivity contribution in [2.45, 2.75) is 156 Å². The molecule has 4 nitrogen and oxygen atoms in total. The molecule has 0 aliphatic carbocycles. The van der Waals surface area contributed by atoms with E-state index in [4.69, 9.17) is 9.47 Å². The molecule has 0 saturated carbocycles. The number of aromatic hydroxyl groups is 2. The number of benzene rings is 2. The highest BCUT2D eigenvalue weighted by atomic mass is 16.5. The number of ether oxygens (including phenoxy) is 2. The van der Waals surface area contributed by atoms with Gasteiger partial charge in [-0.3, -0.25) is 0 Å². The first-order valence-corrected chi connectivity index (χ1v) is 16.2. The van der Waals surface area contributed by atoms with Gasteiger partial charge in [0.05, 0.1) is 13.2 Å². The third-order valence-electron chi connectivity index (χ3n) is 7.98. The number of phenolic OH excluding ortho intramolecular Hbond substituents is 2. The van der Waals surface area contributed by atoms with E-state index in [0.29, 0.717) is 24.7 Å². The molecule has 238 valence electrons. The molecule has 0 aliphatic rings. The molecule has 4 heteroatoms. The van der Waals surface area contributed by atoms with Gasteiger partial charge in [0.15, 0.2) is 0 Å². The van der Waals surface area contributed by atoms with Crippen LogP contribution in [0.5, 0.6) is 23.0 Å². The summed E-state index contributed by atoms with van der Waals surface area (Å²) >= 11 is 0. The first-order chi connectivity index (χ1) is 19.2. The Morgan fingerprint density at radius 1 is 0.405 bits per heavy atom. The number of hydrogen-bond donors (Lipinski definition) is 2. The van der Waals surface area contributed by atoms with E-state index in [1.807, 2.05) is 24.3 Å². The van der Waals surface area contributed by atoms with Gasteiger partial charge in [-0.25, -0.2) is 0 Å². The minimum Gasteiger partial charge on any atom is -0.507 e. The van der Waals surface area contributed by atoms with Crippen LogP contribution in [0.25, 0.3) is 0 Å². The van der Waals surface area contributed by atoms with Crippen LogP contribution in [0.3, 0.4) is 0 Å². The van der Waals surface area contributed by atoms with Gasteiger partial charge in [-0.15, -0.1) is 0 Å². The Kier molecular flexibility index (Phi) is 12.3. The Balaban J connectivity index is 1.70. The SMILES string of the molecule is CC(C)(C)c1cc(OCCCCCCCCCCOc2cc(C(C)(C)C)c(O)c(C(C)(C)C)c2)cc(C(C)(C)C)c1O. The zero-order chi connectivity index (χ0) is 31.9. The van der Waals surface area contributed by atoms with Gasteiger partial charge in [0.1, 0.15) is 23.0 Å². The summed E-state index contributed by atoms with van der Waals surface area (Å²) in [5.74, 6) is 2.53. The van der Waals surface area contributed by atoms with E-state index in [9.17, 15) is 10.2 Å². The molecule has 0 bridgehead atoms. The highest BCUT2D eigenvalue weighted by Crippen LogP contribution is 2.43. The predicted octanol–water partition coefficient (Wildman–Crippen LogP) is 10.9. The van der Waals surface area contributed by atoms with Gasteiger partial charge in [0, 0.05) is 22.3 Å². The monoisotopic (exact) mass is 582 g/mol. The maximum atomic E-state index is 10.9. The molecule has 2 aromatic rings. The molecule has 42 heavy (non-hydrogen) atoms. The van der Waals surface area contributed by atoms with Crippen LogP contribution >= 0.6 is 0 Å². The summed E-state index contributed by atoms with van der Waals surface area (Å²) in [5, 5.41) is 21.8. The van der Waals surface area contributed by atoms with Crippen molar-refractivity contribution in [2.75, 3.05) is 13.2 Å². The average molecular weight is 583 g/mol. The summed E-state index contributed by atoms with van der Waals surface area (Å²) in [6.45, 7) is 27.0. The molecular formula is C38H62O4. The summed E-state index contributed by atoms with van der Waals surface area (Å²) in [7, 11) is 0. The molecule has 0 fully saturated rings. The molecule has 2 N–H and O–H groups in total. The fraction of sp³-hybridized carbons (Fsp3) is 0.684. The molecule has 2 aromatic carbocycles. The summed E-state index contributed by atoms with van der Waals surface area (Å²) in [5.41, 5.74) is 3.20. The molecule has 0 heterocycles. The Labute approximate surface area is 258 Å². The fourth-order valence-electron chi connectivity index (χ4n) is 5.31. The number of unbranched alkanes of at least 4 members (excludes halogenated alkanes) is 7. The van der Waals surface area contributed by atoms with E-state index < -0.39 is 0 Å². The van der Waals surface area contributed by atoms with Crippen LogP contribution in [-0.2, 0) is 21.7 Å². The van der Waals surface area contributed by atoms with Crippen molar-refractivity contribution in [3.05, 3.63) is 46.5 Å². The van der Waals surface area contributed by atoms with Gasteiger partial charge in [-0.1, -0.05) is 122 Å². The van der Waals surface area contributed by atoms with E-state index in [1.165, 1.54) is 38.5 Å². The van der Waals surface area contributed by atoms with Crippen molar-refractivity contribution >= 4 is 0 Å². The van der Waals surface area contributed by atoms with Gasteiger partial charge < -0.3 is 19.7 Å². The molecular weight excluding hydrogens is 520 g/mol. The molecule has 0 amide bonds. The minimum atomic E-state index is -0.146. The van der Waals surface area contributed by atoms with Crippen molar-refractivity contribution in [1.82, 2.24) is 0 Å². The molecule has 0 unspecified atom stereocenters. The fourth-order valence-corrected chi connectivity index (χ4v) is 5.31. The number of rotatable bonds is 13. The van der Waals surface area contributed by atoms with Crippen molar-refractivity contribution in [2.24, 2.45) is 0 Å². The van der Waals surface area contributed by atoms with E-state index in [1.54, 1.807) is 0 Å². The maximum absolute atomic E-state index is 10.9. The third-order valence-corrected chi connectivity index (χ3v) is 7.98. The van der Waals surface area contributed by atoms with Crippen molar-refractivity contribution in [3.8, 4) is 23.0 Å². The number of hydrogen-bond acceptors (Lipinski definition) is 4. The predicted molar refractivity (Wildman–Crippen MR) is 179 cm³/mol. The first-order valence-electron chi connectivity index (χ1n) is 16.2. The second kappa shape index (κ2) is 14.4. The van der Waals surface area contributed by atoms with Crippen LogP contribution in [0.2, 0.25) is 0 Å². The lowest BCUT2D eigenvalue weighted by molar-refractivity contribution is 0.298.